The fourth-order valence-electron chi connectivity index (χ4n) is 3.43. The lowest BCUT2D eigenvalue weighted by molar-refractivity contribution is 0.133. The predicted octanol–water partition coefficient (Wildman–Crippen LogP) is 1.74. The third-order valence-corrected chi connectivity index (χ3v) is 6.16. The number of carbonyl (C=O) groups excluding carboxylic acids is 1. The summed E-state index contributed by atoms with van der Waals surface area (Å²) in [6.45, 7) is 2.74. The quantitative estimate of drug-likeness (QED) is 0.552. The molecule has 0 spiro atoms. The van der Waals surface area contributed by atoms with Gasteiger partial charge in [0.25, 0.3) is 0 Å². The van der Waals surface area contributed by atoms with E-state index in [1.807, 2.05) is 24.3 Å². The Balaban J connectivity index is 1.29. The highest BCUT2D eigenvalue weighted by Gasteiger charge is 2.23. The standard InChI is InChI=1S/C21H24N6O5S/c1-31-17-7-5-15(6-8-17)20-24-19(32-25-20)14-26-9-11-27(12-10-26)21(28)23-16-3-2-4-18(13-16)33(22,29)30/h2-8,13H,9-12,14H2,1H3,(H,23,28)(H2,22,29,30). The Bertz CT molecular complexity index is 1220. The summed E-state index contributed by atoms with van der Waals surface area (Å²) in [7, 11) is -2.23. The number of benzene rings is 2. The molecule has 1 fully saturated rings. The number of ether oxygens (including phenoxy) is 1. The summed E-state index contributed by atoms with van der Waals surface area (Å²) in [6, 6.07) is 12.9. The highest BCUT2D eigenvalue weighted by atomic mass is 32.2. The first-order chi connectivity index (χ1) is 15.8. The van der Waals surface area contributed by atoms with Crippen LogP contribution in [0, 0.1) is 0 Å². The van der Waals surface area contributed by atoms with E-state index in [4.69, 9.17) is 14.4 Å². The van der Waals surface area contributed by atoms with Gasteiger partial charge in [-0.1, -0.05) is 11.2 Å². The molecule has 0 atom stereocenters. The molecule has 3 aromatic rings. The number of amides is 2. The number of nitrogens with two attached hydrogens (primary N) is 1. The highest BCUT2D eigenvalue weighted by Crippen LogP contribution is 2.20. The van der Waals surface area contributed by atoms with Gasteiger partial charge in [0.1, 0.15) is 5.75 Å². The van der Waals surface area contributed by atoms with E-state index in [0.29, 0.717) is 50.1 Å². The van der Waals surface area contributed by atoms with E-state index in [0.717, 1.165) is 11.3 Å². The van der Waals surface area contributed by atoms with E-state index in [1.54, 1.807) is 18.1 Å². The number of hydrogen-bond acceptors (Lipinski definition) is 8. The molecule has 1 aliphatic rings. The second kappa shape index (κ2) is 9.57. The number of methoxy groups -OCH3 is 1. The van der Waals surface area contributed by atoms with Crippen molar-refractivity contribution in [2.45, 2.75) is 11.4 Å². The van der Waals surface area contributed by atoms with Gasteiger partial charge < -0.3 is 19.5 Å². The molecule has 11 nitrogen and oxygen atoms in total. The number of aromatic nitrogens is 2. The Morgan fingerprint density at radius 1 is 1.15 bits per heavy atom. The summed E-state index contributed by atoms with van der Waals surface area (Å²) in [5, 5.41) is 11.9. The van der Waals surface area contributed by atoms with E-state index in [9.17, 15) is 13.2 Å². The van der Waals surface area contributed by atoms with Gasteiger partial charge >= 0.3 is 6.03 Å². The Morgan fingerprint density at radius 2 is 1.88 bits per heavy atom. The molecule has 33 heavy (non-hydrogen) atoms. The zero-order chi connectivity index (χ0) is 23.4. The van der Waals surface area contributed by atoms with Crippen molar-refractivity contribution in [1.29, 1.82) is 0 Å². The lowest BCUT2D eigenvalue weighted by atomic mass is 10.2. The van der Waals surface area contributed by atoms with Crippen molar-refractivity contribution >= 4 is 21.7 Å². The number of hydrogen-bond donors (Lipinski definition) is 2. The number of nitrogens with one attached hydrogen (secondary N) is 1. The van der Waals surface area contributed by atoms with Gasteiger partial charge in [-0.05, 0) is 42.5 Å². The SMILES string of the molecule is COc1ccc(-c2noc(CN3CCN(C(=O)Nc4cccc(S(N)(=O)=O)c4)CC3)n2)cc1. The number of anilines is 1. The Kier molecular flexibility index (Phi) is 6.58. The maximum Gasteiger partial charge on any atom is 0.321 e. The third-order valence-electron chi connectivity index (χ3n) is 5.25. The van der Waals surface area contributed by atoms with Crippen LogP contribution in [-0.4, -0.2) is 67.7 Å². The van der Waals surface area contributed by atoms with Gasteiger partial charge in [-0.15, -0.1) is 0 Å². The van der Waals surface area contributed by atoms with Crippen LogP contribution in [0.3, 0.4) is 0 Å². The van der Waals surface area contributed by atoms with E-state index in [-0.39, 0.29) is 10.9 Å². The minimum atomic E-state index is -3.84. The van der Waals surface area contributed by atoms with Gasteiger partial charge in [-0.3, -0.25) is 4.90 Å². The third kappa shape index (κ3) is 5.66. The molecule has 0 bridgehead atoms. The fraction of sp³-hybridized carbons (Fsp3) is 0.286. The molecule has 0 unspecified atom stereocenters. The van der Waals surface area contributed by atoms with Crippen molar-refractivity contribution in [3.8, 4) is 17.1 Å². The van der Waals surface area contributed by atoms with Crippen LogP contribution in [0.1, 0.15) is 5.89 Å². The number of piperazine rings is 1. The molecular weight excluding hydrogens is 448 g/mol. The Hall–Kier alpha value is -3.48. The average molecular weight is 473 g/mol. The summed E-state index contributed by atoms with van der Waals surface area (Å²) in [5.74, 6) is 1.76. The summed E-state index contributed by atoms with van der Waals surface area (Å²) >= 11 is 0. The molecule has 3 N–H and O–H groups in total. The molecule has 1 aliphatic heterocycles. The first-order valence-corrected chi connectivity index (χ1v) is 11.7. The zero-order valence-electron chi connectivity index (χ0n) is 18.0. The van der Waals surface area contributed by atoms with Crippen molar-refractivity contribution in [3.63, 3.8) is 0 Å². The molecule has 1 saturated heterocycles. The monoisotopic (exact) mass is 472 g/mol. The molecule has 2 amide bonds. The Labute approximate surface area is 191 Å². The van der Waals surface area contributed by atoms with Gasteiger partial charge in [-0.2, -0.15) is 4.98 Å². The van der Waals surface area contributed by atoms with Gasteiger partial charge in [0.15, 0.2) is 0 Å². The van der Waals surface area contributed by atoms with Crippen molar-refractivity contribution in [3.05, 3.63) is 54.4 Å². The molecule has 2 aromatic carbocycles. The largest absolute Gasteiger partial charge is 0.497 e. The van der Waals surface area contributed by atoms with Crippen LogP contribution in [0.2, 0.25) is 0 Å². The predicted molar refractivity (Wildman–Crippen MR) is 120 cm³/mol. The summed E-state index contributed by atoms with van der Waals surface area (Å²) < 4.78 is 33.5. The number of primary sulfonamides is 1. The van der Waals surface area contributed by atoms with E-state index >= 15 is 0 Å². The van der Waals surface area contributed by atoms with Crippen molar-refractivity contribution in [2.24, 2.45) is 5.14 Å². The van der Waals surface area contributed by atoms with Crippen LogP contribution in [-0.2, 0) is 16.6 Å². The minimum Gasteiger partial charge on any atom is -0.497 e. The maximum atomic E-state index is 12.6. The van der Waals surface area contributed by atoms with Gasteiger partial charge in [0.05, 0.1) is 18.6 Å². The van der Waals surface area contributed by atoms with Crippen LogP contribution in [0.25, 0.3) is 11.4 Å². The number of urea groups is 1. The van der Waals surface area contributed by atoms with Crippen molar-refractivity contribution in [1.82, 2.24) is 19.9 Å². The van der Waals surface area contributed by atoms with Crippen LogP contribution in [0.4, 0.5) is 10.5 Å². The smallest absolute Gasteiger partial charge is 0.321 e. The topological polar surface area (TPSA) is 144 Å². The van der Waals surface area contributed by atoms with Gasteiger partial charge in [-0.25, -0.2) is 18.4 Å². The maximum absolute atomic E-state index is 12.6. The molecular formula is C21H24N6O5S. The lowest BCUT2D eigenvalue weighted by Crippen LogP contribution is -2.49. The lowest BCUT2D eigenvalue weighted by Gasteiger charge is -2.33. The Morgan fingerprint density at radius 3 is 2.55 bits per heavy atom. The molecule has 0 radical (unpaired) electrons. The molecule has 0 saturated carbocycles. The second-order valence-corrected chi connectivity index (χ2v) is 9.07. The van der Waals surface area contributed by atoms with Crippen LogP contribution in [0.15, 0.2) is 57.9 Å². The number of nitrogens with zero attached hydrogens (tertiary/aromatic N) is 4. The molecule has 2 heterocycles. The van der Waals surface area contributed by atoms with E-state index in [1.165, 1.54) is 18.2 Å². The molecule has 174 valence electrons. The van der Waals surface area contributed by atoms with E-state index < -0.39 is 10.0 Å². The van der Waals surface area contributed by atoms with Gasteiger partial charge in [0, 0.05) is 37.4 Å². The molecule has 4 rings (SSSR count). The normalized spacial score (nSPS) is 14.8. The van der Waals surface area contributed by atoms with Gasteiger partial charge in [0.2, 0.25) is 21.7 Å². The second-order valence-electron chi connectivity index (χ2n) is 7.51. The van der Waals surface area contributed by atoms with Crippen LogP contribution in [0.5, 0.6) is 5.75 Å². The van der Waals surface area contributed by atoms with Crippen molar-refractivity contribution < 1.29 is 22.5 Å². The first-order valence-electron chi connectivity index (χ1n) is 10.2. The number of sulfonamides is 1. The van der Waals surface area contributed by atoms with Crippen molar-refractivity contribution in [2.75, 3.05) is 38.6 Å². The zero-order valence-corrected chi connectivity index (χ0v) is 18.8. The molecule has 0 aliphatic carbocycles. The van der Waals surface area contributed by atoms with Crippen LogP contribution >= 0.6 is 0 Å². The van der Waals surface area contributed by atoms with E-state index in [2.05, 4.69) is 20.4 Å². The average Bonchev–Trinajstić information content (AvgIpc) is 3.27. The molecule has 12 heteroatoms. The highest BCUT2D eigenvalue weighted by molar-refractivity contribution is 7.89. The number of rotatable bonds is 6. The molecule has 1 aromatic heterocycles. The summed E-state index contributed by atoms with van der Waals surface area (Å²) in [5.41, 5.74) is 1.20. The minimum absolute atomic E-state index is 0.0568. The van der Waals surface area contributed by atoms with Crippen LogP contribution < -0.4 is 15.2 Å². The first kappa shape index (κ1) is 22.7. The fourth-order valence-corrected chi connectivity index (χ4v) is 3.99. The summed E-state index contributed by atoms with van der Waals surface area (Å²) in [6.07, 6.45) is 0. The summed E-state index contributed by atoms with van der Waals surface area (Å²) in [4.78, 5) is 20.7. The number of carbonyl (C=O) groups is 1.